The number of benzene rings is 4. The molecule has 34 heavy (non-hydrogen) atoms. The Balaban J connectivity index is 1.57. The fourth-order valence-electron chi connectivity index (χ4n) is 4.74. The molecule has 2 heterocycles. The van der Waals surface area contributed by atoms with Gasteiger partial charge in [0.25, 0.3) is 5.91 Å². The molecule has 6 nitrogen and oxygen atoms in total. The molecule has 0 bridgehead atoms. The van der Waals surface area contributed by atoms with Crippen molar-refractivity contribution in [3.05, 3.63) is 90.0 Å². The zero-order valence-corrected chi connectivity index (χ0v) is 18.5. The Hall–Kier alpha value is -4.58. The number of methoxy groups -OCH3 is 1. The maximum Gasteiger partial charge on any atom is 0.261 e. The van der Waals surface area contributed by atoms with Crippen LogP contribution in [0.2, 0.25) is 0 Å². The summed E-state index contributed by atoms with van der Waals surface area (Å²) in [6.07, 6.45) is 0.604. The Morgan fingerprint density at radius 2 is 1.50 bits per heavy atom. The van der Waals surface area contributed by atoms with E-state index in [1.807, 2.05) is 78.9 Å². The van der Waals surface area contributed by atoms with Crippen molar-refractivity contribution >= 4 is 55.9 Å². The predicted molar refractivity (Wildman–Crippen MR) is 134 cm³/mol. The monoisotopic (exact) mass is 447 g/mol. The van der Waals surface area contributed by atoms with E-state index in [0.717, 1.165) is 54.9 Å². The standard InChI is InChI=1S/C28H21N3O3/c1-34-18-12-10-17(11-13-18)15-31(16-32)28(33)22-14-21-19-6-2-4-8-23(19)29-26(21)27-25(22)20-7-3-5-9-24(20)30-27/h2-14,16,29-30H,15H2,1H3. The Kier molecular flexibility index (Phi) is 4.59. The molecule has 166 valence electrons. The van der Waals surface area contributed by atoms with Crippen molar-refractivity contribution in [3.63, 3.8) is 0 Å². The summed E-state index contributed by atoms with van der Waals surface area (Å²) in [5.74, 6) is 0.380. The third-order valence-electron chi connectivity index (χ3n) is 6.39. The number of para-hydroxylation sites is 2. The lowest BCUT2D eigenvalue weighted by Gasteiger charge is -2.17. The van der Waals surface area contributed by atoms with Gasteiger partial charge in [0, 0.05) is 32.6 Å². The lowest BCUT2D eigenvalue weighted by molar-refractivity contribution is -0.116. The van der Waals surface area contributed by atoms with Crippen molar-refractivity contribution in [2.45, 2.75) is 6.54 Å². The molecule has 2 amide bonds. The molecule has 2 aromatic heterocycles. The predicted octanol–water partition coefficient (Wildman–Crippen LogP) is 5.76. The molecule has 0 saturated heterocycles. The maximum atomic E-state index is 13.8. The van der Waals surface area contributed by atoms with Crippen LogP contribution < -0.4 is 4.74 Å². The Morgan fingerprint density at radius 3 is 2.21 bits per heavy atom. The molecule has 4 aromatic carbocycles. The summed E-state index contributed by atoms with van der Waals surface area (Å²) in [5.41, 5.74) is 5.05. The van der Waals surface area contributed by atoms with Gasteiger partial charge in [0.2, 0.25) is 6.41 Å². The molecule has 0 aliphatic heterocycles. The van der Waals surface area contributed by atoms with Crippen molar-refractivity contribution in [2.24, 2.45) is 0 Å². The number of H-pyrrole nitrogens is 2. The van der Waals surface area contributed by atoms with Gasteiger partial charge in [-0.25, -0.2) is 0 Å². The highest BCUT2D eigenvalue weighted by Crippen LogP contribution is 2.37. The third kappa shape index (κ3) is 3.03. The summed E-state index contributed by atoms with van der Waals surface area (Å²) in [6.45, 7) is 0.169. The van der Waals surface area contributed by atoms with Gasteiger partial charge in [0.1, 0.15) is 5.75 Å². The van der Waals surface area contributed by atoms with E-state index in [-0.39, 0.29) is 12.5 Å². The van der Waals surface area contributed by atoms with Crippen LogP contribution in [0.3, 0.4) is 0 Å². The normalized spacial score (nSPS) is 11.4. The van der Waals surface area contributed by atoms with Gasteiger partial charge >= 0.3 is 0 Å². The lowest BCUT2D eigenvalue weighted by atomic mass is 10.0. The molecule has 0 aliphatic carbocycles. The van der Waals surface area contributed by atoms with E-state index in [1.54, 1.807) is 7.11 Å². The fourth-order valence-corrected chi connectivity index (χ4v) is 4.74. The summed E-state index contributed by atoms with van der Waals surface area (Å²) in [4.78, 5) is 34.1. The van der Waals surface area contributed by atoms with Crippen molar-refractivity contribution in [3.8, 4) is 5.75 Å². The molecule has 0 radical (unpaired) electrons. The molecule has 0 spiro atoms. The number of amides is 2. The van der Waals surface area contributed by atoms with Crippen LogP contribution in [0.15, 0.2) is 78.9 Å². The van der Waals surface area contributed by atoms with Crippen LogP contribution in [-0.2, 0) is 11.3 Å². The quantitative estimate of drug-likeness (QED) is 0.330. The summed E-state index contributed by atoms with van der Waals surface area (Å²) in [6, 6.07) is 25.2. The Morgan fingerprint density at radius 1 is 0.853 bits per heavy atom. The van der Waals surface area contributed by atoms with Crippen LogP contribution in [0.25, 0.3) is 43.6 Å². The first kappa shape index (κ1) is 20.1. The molecular formula is C28H21N3O3. The van der Waals surface area contributed by atoms with E-state index >= 15 is 0 Å². The number of nitrogens with one attached hydrogen (secondary N) is 2. The van der Waals surface area contributed by atoms with Crippen LogP contribution in [0, 0.1) is 0 Å². The average Bonchev–Trinajstić information content (AvgIpc) is 3.45. The van der Waals surface area contributed by atoms with Gasteiger partial charge in [0.05, 0.1) is 30.3 Å². The first-order valence-corrected chi connectivity index (χ1v) is 11.0. The topological polar surface area (TPSA) is 78.2 Å². The van der Waals surface area contributed by atoms with Gasteiger partial charge in [0.15, 0.2) is 0 Å². The SMILES string of the molecule is COc1ccc(CN(C=O)C(=O)c2cc3c4ccccc4[nH]c3c3[nH]c4ccccc4c23)cc1. The van der Waals surface area contributed by atoms with Crippen LogP contribution in [0.5, 0.6) is 5.75 Å². The van der Waals surface area contributed by atoms with E-state index in [0.29, 0.717) is 12.0 Å². The molecule has 6 heteroatoms. The molecule has 6 aromatic rings. The Bertz CT molecular complexity index is 1710. The second-order valence-corrected chi connectivity index (χ2v) is 8.32. The average molecular weight is 447 g/mol. The molecule has 0 aliphatic rings. The van der Waals surface area contributed by atoms with Crippen molar-refractivity contribution in [1.29, 1.82) is 0 Å². The minimum absolute atomic E-state index is 0.169. The number of nitrogens with zero attached hydrogens (tertiary/aromatic N) is 1. The molecule has 0 saturated carbocycles. The van der Waals surface area contributed by atoms with Crippen molar-refractivity contribution in [1.82, 2.24) is 14.9 Å². The van der Waals surface area contributed by atoms with Gasteiger partial charge in [-0.15, -0.1) is 0 Å². The fraction of sp³-hybridized carbons (Fsp3) is 0.0714. The number of aromatic nitrogens is 2. The van der Waals surface area contributed by atoms with E-state index in [4.69, 9.17) is 4.74 Å². The van der Waals surface area contributed by atoms with E-state index in [9.17, 15) is 9.59 Å². The van der Waals surface area contributed by atoms with Crippen LogP contribution in [0.1, 0.15) is 15.9 Å². The second kappa shape index (κ2) is 7.78. The second-order valence-electron chi connectivity index (χ2n) is 8.32. The highest BCUT2D eigenvalue weighted by Gasteiger charge is 2.23. The number of imide groups is 1. The summed E-state index contributed by atoms with van der Waals surface area (Å²) < 4.78 is 5.21. The largest absolute Gasteiger partial charge is 0.497 e. The first-order valence-electron chi connectivity index (χ1n) is 11.0. The van der Waals surface area contributed by atoms with E-state index in [2.05, 4.69) is 9.97 Å². The van der Waals surface area contributed by atoms with Crippen LogP contribution in [-0.4, -0.2) is 34.3 Å². The number of carbonyl (C=O) groups is 2. The zero-order chi connectivity index (χ0) is 23.2. The van der Waals surface area contributed by atoms with Gasteiger partial charge in [-0.1, -0.05) is 48.5 Å². The van der Waals surface area contributed by atoms with Gasteiger partial charge in [-0.05, 0) is 35.9 Å². The van der Waals surface area contributed by atoms with Crippen molar-refractivity contribution < 1.29 is 14.3 Å². The summed E-state index contributed by atoms with van der Waals surface area (Å²) in [5, 5.41) is 3.71. The molecule has 0 fully saturated rings. The minimum Gasteiger partial charge on any atom is -0.497 e. The molecule has 0 atom stereocenters. The van der Waals surface area contributed by atoms with Crippen LogP contribution >= 0.6 is 0 Å². The van der Waals surface area contributed by atoms with Crippen molar-refractivity contribution in [2.75, 3.05) is 7.11 Å². The molecule has 0 unspecified atom stereocenters. The summed E-state index contributed by atoms with van der Waals surface area (Å²) in [7, 11) is 1.60. The first-order chi connectivity index (χ1) is 16.7. The summed E-state index contributed by atoms with van der Waals surface area (Å²) >= 11 is 0. The van der Waals surface area contributed by atoms with Crippen LogP contribution in [0.4, 0.5) is 0 Å². The lowest BCUT2D eigenvalue weighted by Crippen LogP contribution is -2.29. The molecular weight excluding hydrogens is 426 g/mol. The maximum absolute atomic E-state index is 13.8. The van der Waals surface area contributed by atoms with E-state index in [1.165, 1.54) is 4.90 Å². The molecule has 6 rings (SSSR count). The number of fused-ring (bicyclic) bond motifs is 7. The number of ether oxygens (including phenoxy) is 1. The van der Waals surface area contributed by atoms with E-state index < -0.39 is 0 Å². The smallest absolute Gasteiger partial charge is 0.261 e. The van der Waals surface area contributed by atoms with Gasteiger partial charge in [-0.3, -0.25) is 14.5 Å². The highest BCUT2D eigenvalue weighted by molar-refractivity contribution is 6.28. The zero-order valence-electron chi connectivity index (χ0n) is 18.5. The van der Waals surface area contributed by atoms with Gasteiger partial charge in [-0.2, -0.15) is 0 Å². The number of hydrogen-bond donors (Lipinski definition) is 2. The molecule has 2 N–H and O–H groups in total. The van der Waals surface area contributed by atoms with Gasteiger partial charge < -0.3 is 14.7 Å². The Labute approximate surface area is 194 Å². The number of carbonyl (C=O) groups excluding carboxylic acids is 2. The minimum atomic E-state index is -0.340. The highest BCUT2D eigenvalue weighted by atomic mass is 16.5. The number of rotatable bonds is 5. The third-order valence-corrected chi connectivity index (χ3v) is 6.39. The number of aromatic amines is 2. The number of hydrogen-bond acceptors (Lipinski definition) is 3.